The second-order valence-electron chi connectivity index (χ2n) is 7.80. The molecule has 162 valence electrons. The normalized spacial score (nSPS) is 12.4. The van der Waals surface area contributed by atoms with E-state index in [9.17, 15) is 9.90 Å². The molecule has 1 atom stereocenters. The van der Waals surface area contributed by atoms with Gasteiger partial charge in [-0.05, 0) is 49.4 Å². The van der Waals surface area contributed by atoms with Gasteiger partial charge in [0, 0.05) is 30.3 Å². The number of aliphatic hydroxyl groups is 1. The quantitative estimate of drug-likeness (QED) is 0.440. The van der Waals surface area contributed by atoms with Gasteiger partial charge < -0.3 is 24.7 Å². The highest BCUT2D eigenvalue weighted by atomic mass is 16.5. The lowest BCUT2D eigenvalue weighted by Crippen LogP contribution is -2.11. The number of ether oxygens (including phenoxy) is 1. The molecule has 3 aromatic rings. The SMILES string of the molecule is CCCCCCOc1ccc2c(c1)c(CCCC(O)n1cnc(C(N)=O)c1)cn2C. The third kappa shape index (κ3) is 5.42. The van der Waals surface area contributed by atoms with Crippen LogP contribution in [-0.2, 0) is 13.5 Å². The maximum absolute atomic E-state index is 11.2. The van der Waals surface area contributed by atoms with Gasteiger partial charge in [0.25, 0.3) is 5.91 Å². The topological polar surface area (TPSA) is 95.3 Å². The Morgan fingerprint density at radius 3 is 2.80 bits per heavy atom. The van der Waals surface area contributed by atoms with Gasteiger partial charge in [-0.25, -0.2) is 4.98 Å². The Morgan fingerprint density at radius 2 is 2.07 bits per heavy atom. The van der Waals surface area contributed by atoms with Gasteiger partial charge in [0.1, 0.15) is 17.7 Å². The molecule has 0 aliphatic rings. The van der Waals surface area contributed by atoms with Crippen LogP contribution in [0, 0.1) is 0 Å². The van der Waals surface area contributed by atoms with Crippen molar-refractivity contribution in [1.29, 1.82) is 0 Å². The van der Waals surface area contributed by atoms with Gasteiger partial charge in [-0.15, -0.1) is 0 Å². The van der Waals surface area contributed by atoms with Crippen LogP contribution < -0.4 is 10.5 Å². The second-order valence-corrected chi connectivity index (χ2v) is 7.80. The summed E-state index contributed by atoms with van der Waals surface area (Å²) >= 11 is 0. The largest absolute Gasteiger partial charge is 0.494 e. The van der Waals surface area contributed by atoms with Crippen molar-refractivity contribution < 1.29 is 14.6 Å². The molecule has 0 bridgehead atoms. The maximum atomic E-state index is 11.2. The number of imidazole rings is 1. The summed E-state index contributed by atoms with van der Waals surface area (Å²) < 4.78 is 9.60. The molecule has 30 heavy (non-hydrogen) atoms. The number of nitrogens with zero attached hydrogens (tertiary/aromatic N) is 3. The minimum Gasteiger partial charge on any atom is -0.494 e. The average Bonchev–Trinajstić information content (AvgIpc) is 3.34. The maximum Gasteiger partial charge on any atom is 0.268 e. The first-order valence-corrected chi connectivity index (χ1v) is 10.7. The Morgan fingerprint density at radius 1 is 1.23 bits per heavy atom. The lowest BCUT2D eigenvalue weighted by Gasteiger charge is -2.11. The van der Waals surface area contributed by atoms with Crippen LogP contribution in [0.3, 0.4) is 0 Å². The van der Waals surface area contributed by atoms with Crippen molar-refractivity contribution in [2.75, 3.05) is 6.61 Å². The Balaban J connectivity index is 1.59. The minimum absolute atomic E-state index is 0.158. The van der Waals surface area contributed by atoms with Gasteiger partial charge in [-0.3, -0.25) is 4.79 Å². The molecule has 3 N–H and O–H groups in total. The zero-order valence-electron chi connectivity index (χ0n) is 17.9. The molecule has 0 aliphatic heterocycles. The summed E-state index contributed by atoms with van der Waals surface area (Å²) in [7, 11) is 2.04. The van der Waals surface area contributed by atoms with E-state index < -0.39 is 12.1 Å². The van der Waals surface area contributed by atoms with Crippen LogP contribution in [0.4, 0.5) is 0 Å². The number of aliphatic hydroxyl groups excluding tert-OH is 1. The number of carbonyl (C=O) groups is 1. The van der Waals surface area contributed by atoms with Crippen LogP contribution in [0.2, 0.25) is 0 Å². The predicted octanol–water partition coefficient (Wildman–Crippen LogP) is 3.95. The van der Waals surface area contributed by atoms with Gasteiger partial charge >= 0.3 is 0 Å². The summed E-state index contributed by atoms with van der Waals surface area (Å²) in [6.45, 7) is 2.95. The number of amides is 1. The number of unbranched alkanes of at least 4 members (excludes halogenated alkanes) is 3. The van der Waals surface area contributed by atoms with E-state index in [1.54, 1.807) is 0 Å². The summed E-state index contributed by atoms with van der Waals surface area (Å²) in [6, 6.07) is 6.26. The first-order chi connectivity index (χ1) is 14.5. The smallest absolute Gasteiger partial charge is 0.268 e. The fraction of sp³-hybridized carbons (Fsp3) is 0.478. The second kappa shape index (κ2) is 10.3. The van der Waals surface area contributed by atoms with Gasteiger partial charge in [0.2, 0.25) is 0 Å². The van der Waals surface area contributed by atoms with Crippen LogP contribution in [0.25, 0.3) is 10.9 Å². The predicted molar refractivity (Wildman–Crippen MR) is 117 cm³/mol. The van der Waals surface area contributed by atoms with E-state index in [1.165, 1.54) is 52.8 Å². The summed E-state index contributed by atoms with van der Waals surface area (Å²) in [5.74, 6) is 0.309. The number of rotatable bonds is 12. The van der Waals surface area contributed by atoms with E-state index in [1.807, 2.05) is 13.1 Å². The fourth-order valence-corrected chi connectivity index (χ4v) is 3.71. The van der Waals surface area contributed by atoms with Crippen molar-refractivity contribution in [1.82, 2.24) is 14.1 Å². The number of aryl methyl sites for hydroxylation is 2. The van der Waals surface area contributed by atoms with E-state index >= 15 is 0 Å². The van der Waals surface area contributed by atoms with Crippen molar-refractivity contribution >= 4 is 16.8 Å². The first kappa shape index (κ1) is 21.9. The van der Waals surface area contributed by atoms with Crippen molar-refractivity contribution in [3.63, 3.8) is 0 Å². The molecule has 0 aliphatic carbocycles. The number of benzene rings is 1. The highest BCUT2D eigenvalue weighted by Crippen LogP contribution is 2.27. The van der Waals surface area contributed by atoms with Crippen molar-refractivity contribution in [2.24, 2.45) is 12.8 Å². The molecule has 1 amide bonds. The van der Waals surface area contributed by atoms with Gasteiger partial charge in [-0.2, -0.15) is 0 Å². The third-order valence-corrected chi connectivity index (χ3v) is 5.42. The summed E-state index contributed by atoms with van der Waals surface area (Å²) in [6.07, 6.45) is 11.3. The molecule has 3 rings (SSSR count). The Bertz CT molecular complexity index is 976. The number of hydrogen-bond donors (Lipinski definition) is 2. The van der Waals surface area contributed by atoms with Crippen LogP contribution in [0.15, 0.2) is 36.9 Å². The number of carbonyl (C=O) groups excluding carboxylic acids is 1. The number of aromatic nitrogens is 3. The van der Waals surface area contributed by atoms with E-state index in [0.717, 1.165) is 31.6 Å². The standard InChI is InChI=1S/C23H32N4O3/c1-3-4-5-6-12-30-18-10-11-21-19(13-18)17(14-26(21)2)8-7-9-22(28)27-15-20(23(24)29)25-16-27/h10-11,13-16,22,28H,3-9,12H2,1-2H3,(H2,24,29). The molecule has 1 aromatic carbocycles. The molecule has 0 saturated heterocycles. The highest BCUT2D eigenvalue weighted by Gasteiger charge is 2.12. The van der Waals surface area contributed by atoms with Crippen molar-refractivity contribution in [3.8, 4) is 5.75 Å². The van der Waals surface area contributed by atoms with Gasteiger partial charge in [0.15, 0.2) is 0 Å². The number of hydrogen-bond acceptors (Lipinski definition) is 4. The monoisotopic (exact) mass is 412 g/mol. The fourth-order valence-electron chi connectivity index (χ4n) is 3.71. The summed E-state index contributed by atoms with van der Waals surface area (Å²) in [5, 5.41) is 11.6. The molecule has 0 fully saturated rings. The van der Waals surface area contributed by atoms with Crippen LogP contribution in [0.5, 0.6) is 5.75 Å². The summed E-state index contributed by atoms with van der Waals surface area (Å²) in [5.41, 5.74) is 7.78. The molecule has 2 aromatic heterocycles. The van der Waals surface area contributed by atoms with E-state index in [0.29, 0.717) is 6.42 Å². The Labute approximate surface area is 177 Å². The number of nitrogens with two attached hydrogens (primary N) is 1. The van der Waals surface area contributed by atoms with Gasteiger partial charge in [-0.1, -0.05) is 26.2 Å². The van der Waals surface area contributed by atoms with Gasteiger partial charge in [0.05, 0.1) is 12.9 Å². The molecule has 1 unspecified atom stereocenters. The molecule has 0 saturated carbocycles. The first-order valence-electron chi connectivity index (χ1n) is 10.7. The van der Waals surface area contributed by atoms with E-state index in [4.69, 9.17) is 10.5 Å². The molecule has 7 nitrogen and oxygen atoms in total. The Hall–Kier alpha value is -2.80. The number of fused-ring (bicyclic) bond motifs is 1. The molecule has 2 heterocycles. The average molecular weight is 413 g/mol. The van der Waals surface area contributed by atoms with Crippen molar-refractivity contribution in [2.45, 2.75) is 58.1 Å². The third-order valence-electron chi connectivity index (χ3n) is 5.42. The zero-order chi connectivity index (χ0) is 21.5. The summed E-state index contributed by atoms with van der Waals surface area (Å²) in [4.78, 5) is 15.1. The van der Waals surface area contributed by atoms with E-state index in [2.05, 4.69) is 34.8 Å². The zero-order valence-corrected chi connectivity index (χ0v) is 17.9. The van der Waals surface area contributed by atoms with Crippen LogP contribution >= 0.6 is 0 Å². The molecule has 7 heteroatoms. The Kier molecular flexibility index (Phi) is 7.52. The van der Waals surface area contributed by atoms with Crippen LogP contribution in [-0.4, -0.2) is 31.7 Å². The minimum atomic E-state index is -0.734. The molecular formula is C23H32N4O3. The number of primary amides is 1. The lowest BCUT2D eigenvalue weighted by atomic mass is 10.1. The lowest BCUT2D eigenvalue weighted by molar-refractivity contribution is 0.0918. The van der Waals surface area contributed by atoms with Crippen molar-refractivity contribution in [3.05, 3.63) is 48.2 Å². The van der Waals surface area contributed by atoms with E-state index in [-0.39, 0.29) is 5.69 Å². The van der Waals surface area contributed by atoms with Crippen LogP contribution in [0.1, 0.15) is 67.7 Å². The molecule has 0 spiro atoms. The highest BCUT2D eigenvalue weighted by molar-refractivity contribution is 5.90. The molecular weight excluding hydrogens is 380 g/mol. The molecule has 0 radical (unpaired) electrons.